The molecule has 0 bridgehead atoms. The number of nitrogens with one attached hydrogen (secondary N) is 1. The molecular formula is C10H11ClN2O. The molecule has 1 heterocycles. The number of nitriles is 1. The number of hydrogen-bond acceptors (Lipinski definition) is 2. The Hall–Kier alpha value is -1.27. The van der Waals surface area contributed by atoms with Crippen LogP contribution in [0.2, 0.25) is 5.02 Å². The molecule has 1 aromatic rings. The van der Waals surface area contributed by atoms with E-state index in [2.05, 4.69) is 4.98 Å². The minimum Gasteiger partial charge on any atom is -0.324 e. The minimum absolute atomic E-state index is 0.134. The Morgan fingerprint density at radius 3 is 2.50 bits per heavy atom. The van der Waals surface area contributed by atoms with Crippen molar-refractivity contribution in [1.29, 1.82) is 5.26 Å². The summed E-state index contributed by atoms with van der Waals surface area (Å²) in [6.07, 6.45) is 1.26. The van der Waals surface area contributed by atoms with E-state index in [9.17, 15) is 4.79 Å². The fourth-order valence-corrected chi connectivity index (χ4v) is 1.79. The van der Waals surface area contributed by atoms with Crippen LogP contribution in [0.4, 0.5) is 0 Å². The van der Waals surface area contributed by atoms with E-state index in [4.69, 9.17) is 16.9 Å². The first kappa shape index (κ1) is 10.8. The molecule has 1 aromatic heterocycles. The lowest BCUT2D eigenvalue weighted by molar-refractivity contribution is 0.975. The molecule has 0 radical (unpaired) electrons. The summed E-state index contributed by atoms with van der Waals surface area (Å²) in [5.74, 6) is 0. The van der Waals surface area contributed by atoms with Gasteiger partial charge in [0.25, 0.3) is 5.56 Å². The van der Waals surface area contributed by atoms with Crippen molar-refractivity contribution in [2.75, 3.05) is 0 Å². The fraction of sp³-hybridized carbons (Fsp3) is 0.400. The maximum Gasteiger partial charge on any atom is 0.266 e. The zero-order chi connectivity index (χ0) is 10.7. The lowest BCUT2D eigenvalue weighted by Gasteiger charge is -2.07. The number of aryl methyl sites for hydroxylation is 1. The van der Waals surface area contributed by atoms with Gasteiger partial charge in [0.1, 0.15) is 11.6 Å². The molecule has 0 aliphatic rings. The highest BCUT2D eigenvalue weighted by Crippen LogP contribution is 2.21. The zero-order valence-electron chi connectivity index (χ0n) is 8.15. The Bertz CT molecular complexity index is 443. The molecule has 1 rings (SSSR count). The molecule has 0 amide bonds. The van der Waals surface area contributed by atoms with Gasteiger partial charge < -0.3 is 4.98 Å². The number of nitrogens with zero attached hydrogens (tertiary/aromatic N) is 1. The van der Waals surface area contributed by atoms with Gasteiger partial charge in [-0.15, -0.1) is 0 Å². The largest absolute Gasteiger partial charge is 0.324 e. The van der Waals surface area contributed by atoms with Gasteiger partial charge in [-0.3, -0.25) is 4.79 Å². The molecule has 74 valence electrons. The summed E-state index contributed by atoms with van der Waals surface area (Å²) in [5, 5.41) is 9.31. The highest BCUT2D eigenvalue weighted by molar-refractivity contribution is 6.32. The molecule has 0 aromatic carbocycles. The third-order valence-corrected chi connectivity index (χ3v) is 2.60. The summed E-state index contributed by atoms with van der Waals surface area (Å²) < 4.78 is 0. The van der Waals surface area contributed by atoms with Crippen molar-refractivity contribution in [3.8, 4) is 6.07 Å². The molecule has 0 unspecified atom stereocenters. The molecule has 0 spiro atoms. The summed E-state index contributed by atoms with van der Waals surface area (Å²) in [7, 11) is 0. The van der Waals surface area contributed by atoms with Crippen LogP contribution in [0.3, 0.4) is 0 Å². The molecule has 0 aliphatic heterocycles. The summed E-state index contributed by atoms with van der Waals surface area (Å²) in [4.78, 5) is 14.0. The Kier molecular flexibility index (Phi) is 3.32. The Morgan fingerprint density at radius 1 is 1.43 bits per heavy atom. The average molecular weight is 211 g/mol. The van der Waals surface area contributed by atoms with Gasteiger partial charge in [-0.25, -0.2) is 0 Å². The van der Waals surface area contributed by atoms with Crippen LogP contribution in [0.5, 0.6) is 0 Å². The molecule has 1 N–H and O–H groups in total. The van der Waals surface area contributed by atoms with Crippen molar-refractivity contribution in [2.45, 2.75) is 26.7 Å². The van der Waals surface area contributed by atoms with E-state index in [1.165, 1.54) is 0 Å². The standard InChI is InChI=1S/C10H11ClN2O/c1-3-6-7(5-12)10(14)13-8(4-2)9(6)11/h3-4H2,1-2H3,(H,13,14). The number of H-pyrrole nitrogens is 1. The van der Waals surface area contributed by atoms with Gasteiger partial charge in [-0.2, -0.15) is 5.26 Å². The highest BCUT2D eigenvalue weighted by Gasteiger charge is 2.13. The Labute approximate surface area is 87.3 Å². The summed E-state index contributed by atoms with van der Waals surface area (Å²) in [6, 6.07) is 1.88. The first-order valence-electron chi connectivity index (χ1n) is 4.49. The first-order chi connectivity index (χ1) is 6.65. The van der Waals surface area contributed by atoms with E-state index in [0.29, 0.717) is 29.1 Å². The lowest BCUT2D eigenvalue weighted by Crippen LogP contribution is -2.16. The zero-order valence-corrected chi connectivity index (χ0v) is 8.90. The van der Waals surface area contributed by atoms with E-state index in [-0.39, 0.29) is 11.1 Å². The molecule has 3 nitrogen and oxygen atoms in total. The van der Waals surface area contributed by atoms with Crippen molar-refractivity contribution < 1.29 is 0 Å². The second-order valence-electron chi connectivity index (χ2n) is 2.92. The van der Waals surface area contributed by atoms with Gasteiger partial charge in [-0.1, -0.05) is 25.4 Å². The monoisotopic (exact) mass is 210 g/mol. The van der Waals surface area contributed by atoms with E-state index in [1.807, 2.05) is 19.9 Å². The Morgan fingerprint density at radius 2 is 2.07 bits per heavy atom. The van der Waals surface area contributed by atoms with E-state index in [0.717, 1.165) is 0 Å². The van der Waals surface area contributed by atoms with E-state index in [1.54, 1.807) is 0 Å². The molecule has 14 heavy (non-hydrogen) atoms. The third-order valence-electron chi connectivity index (χ3n) is 2.14. The molecule has 0 atom stereocenters. The van der Waals surface area contributed by atoms with Crippen LogP contribution in [0.25, 0.3) is 0 Å². The number of aromatic nitrogens is 1. The van der Waals surface area contributed by atoms with Crippen LogP contribution in [-0.4, -0.2) is 4.98 Å². The van der Waals surface area contributed by atoms with E-state index >= 15 is 0 Å². The number of hydrogen-bond donors (Lipinski definition) is 1. The number of halogens is 1. The van der Waals surface area contributed by atoms with Crippen molar-refractivity contribution in [2.24, 2.45) is 0 Å². The van der Waals surface area contributed by atoms with Gasteiger partial charge >= 0.3 is 0 Å². The van der Waals surface area contributed by atoms with Crippen molar-refractivity contribution in [3.05, 3.63) is 32.2 Å². The average Bonchev–Trinajstić information content (AvgIpc) is 2.20. The summed E-state index contributed by atoms with van der Waals surface area (Å²) >= 11 is 6.04. The first-order valence-corrected chi connectivity index (χ1v) is 4.87. The van der Waals surface area contributed by atoms with Crippen molar-refractivity contribution >= 4 is 11.6 Å². The lowest BCUT2D eigenvalue weighted by atomic mass is 10.1. The van der Waals surface area contributed by atoms with Gasteiger partial charge in [0.05, 0.1) is 5.02 Å². The fourth-order valence-electron chi connectivity index (χ4n) is 1.38. The second-order valence-corrected chi connectivity index (χ2v) is 3.30. The molecule has 0 fully saturated rings. The normalized spacial score (nSPS) is 9.86. The SMILES string of the molecule is CCc1[nH]c(=O)c(C#N)c(CC)c1Cl. The summed E-state index contributed by atoms with van der Waals surface area (Å²) in [5.41, 5.74) is 1.14. The van der Waals surface area contributed by atoms with Crippen molar-refractivity contribution in [3.63, 3.8) is 0 Å². The van der Waals surface area contributed by atoms with Crippen LogP contribution in [0.1, 0.15) is 30.7 Å². The minimum atomic E-state index is -0.342. The van der Waals surface area contributed by atoms with Crippen molar-refractivity contribution in [1.82, 2.24) is 4.98 Å². The van der Waals surface area contributed by atoms with E-state index < -0.39 is 0 Å². The van der Waals surface area contributed by atoms with Crippen LogP contribution in [0, 0.1) is 11.3 Å². The molecule has 4 heteroatoms. The number of pyridine rings is 1. The Balaban J connectivity index is 3.59. The van der Waals surface area contributed by atoms with Crippen LogP contribution in [-0.2, 0) is 12.8 Å². The van der Waals surface area contributed by atoms with Crippen LogP contribution >= 0.6 is 11.6 Å². The topological polar surface area (TPSA) is 56.6 Å². The van der Waals surface area contributed by atoms with Gasteiger partial charge in [0, 0.05) is 5.69 Å². The predicted octanol–water partition coefficient (Wildman–Crippen LogP) is 2.02. The van der Waals surface area contributed by atoms with Crippen LogP contribution < -0.4 is 5.56 Å². The van der Waals surface area contributed by atoms with Gasteiger partial charge in [-0.05, 0) is 18.4 Å². The smallest absolute Gasteiger partial charge is 0.266 e. The summed E-state index contributed by atoms with van der Waals surface area (Å²) in [6.45, 7) is 3.78. The number of rotatable bonds is 2. The predicted molar refractivity (Wildman–Crippen MR) is 55.5 cm³/mol. The van der Waals surface area contributed by atoms with Gasteiger partial charge in [0.2, 0.25) is 0 Å². The molecular weight excluding hydrogens is 200 g/mol. The van der Waals surface area contributed by atoms with Crippen LogP contribution in [0.15, 0.2) is 4.79 Å². The highest BCUT2D eigenvalue weighted by atomic mass is 35.5. The quantitative estimate of drug-likeness (QED) is 0.812. The maximum atomic E-state index is 11.4. The molecule has 0 saturated carbocycles. The maximum absolute atomic E-state index is 11.4. The number of aromatic amines is 1. The molecule has 0 aliphatic carbocycles. The third kappa shape index (κ3) is 1.66. The second kappa shape index (κ2) is 4.30. The van der Waals surface area contributed by atoms with Gasteiger partial charge in [0.15, 0.2) is 0 Å². The molecule has 0 saturated heterocycles.